The van der Waals surface area contributed by atoms with E-state index >= 15 is 0 Å². The number of halogens is 5. The molecule has 4 heterocycles. The number of amides is 1. The zero-order chi connectivity index (χ0) is 25.4. The van der Waals surface area contributed by atoms with Gasteiger partial charge in [-0.15, -0.1) is 0 Å². The monoisotopic (exact) mass is 496 g/mol. The summed E-state index contributed by atoms with van der Waals surface area (Å²) in [6, 6.07) is -0.727. The largest absolute Gasteiger partial charge is 0.419 e. The Bertz CT molecular complexity index is 1180. The van der Waals surface area contributed by atoms with Crippen LogP contribution in [-0.2, 0) is 13.2 Å². The molecule has 186 valence electrons. The summed E-state index contributed by atoms with van der Waals surface area (Å²) in [6.07, 6.45) is 2.05. The molecule has 0 aliphatic carbocycles. The van der Waals surface area contributed by atoms with Crippen LogP contribution in [0.1, 0.15) is 29.4 Å². The average Bonchev–Trinajstić information content (AvgIpc) is 3.19. The van der Waals surface area contributed by atoms with Crippen LogP contribution in [0.15, 0.2) is 37.3 Å². The lowest BCUT2D eigenvalue weighted by Crippen LogP contribution is -2.57. The van der Waals surface area contributed by atoms with E-state index in [1.54, 1.807) is 20.2 Å². The third kappa shape index (κ3) is 5.35. The maximum Gasteiger partial charge on any atom is 0.419 e. The van der Waals surface area contributed by atoms with E-state index in [1.807, 2.05) is 0 Å². The zero-order valence-corrected chi connectivity index (χ0v) is 18.7. The Morgan fingerprint density at radius 3 is 2.46 bits per heavy atom. The van der Waals surface area contributed by atoms with Gasteiger partial charge in [-0.1, -0.05) is 6.92 Å². The predicted octanol–water partition coefficient (Wildman–Crippen LogP) is 3.28. The lowest BCUT2D eigenvalue weighted by Gasteiger charge is -2.43. The summed E-state index contributed by atoms with van der Waals surface area (Å²) in [5, 5.41) is 6.96. The summed E-state index contributed by atoms with van der Waals surface area (Å²) >= 11 is 0. The van der Waals surface area contributed by atoms with E-state index in [0.717, 1.165) is 4.90 Å². The molecule has 1 aliphatic rings. The SMILES string of the molecule is C[C@@H]1CC(F)(F)CN(C(=O)c2nn(C)cc2-c2cncnc2)C1CNc1ncc(C(F)(F)F)cn1. The van der Waals surface area contributed by atoms with Crippen molar-refractivity contribution in [3.8, 4) is 11.1 Å². The first kappa shape index (κ1) is 24.4. The molecule has 1 saturated heterocycles. The minimum Gasteiger partial charge on any atom is -0.352 e. The summed E-state index contributed by atoms with van der Waals surface area (Å²) in [7, 11) is 1.60. The highest BCUT2D eigenvalue weighted by Gasteiger charge is 2.47. The Kier molecular flexibility index (Phi) is 6.38. The fraction of sp³-hybridized carbons (Fsp3) is 0.429. The molecule has 0 radical (unpaired) electrons. The lowest BCUT2D eigenvalue weighted by atomic mass is 9.88. The van der Waals surface area contributed by atoms with Crippen molar-refractivity contribution in [2.45, 2.75) is 31.5 Å². The van der Waals surface area contributed by atoms with Gasteiger partial charge in [0.05, 0.1) is 18.2 Å². The van der Waals surface area contributed by atoms with E-state index in [1.165, 1.54) is 23.4 Å². The van der Waals surface area contributed by atoms with Crippen LogP contribution in [0.25, 0.3) is 11.1 Å². The lowest BCUT2D eigenvalue weighted by molar-refractivity contribution is -0.138. The van der Waals surface area contributed by atoms with Gasteiger partial charge >= 0.3 is 6.18 Å². The molecule has 1 unspecified atom stereocenters. The number of aryl methyl sites for hydroxylation is 1. The number of piperidine rings is 1. The number of carbonyl (C=O) groups is 1. The van der Waals surface area contributed by atoms with Gasteiger partial charge in [-0.05, 0) is 5.92 Å². The maximum absolute atomic E-state index is 14.5. The first-order valence-corrected chi connectivity index (χ1v) is 10.6. The number of rotatable bonds is 5. The Labute approximate surface area is 196 Å². The Morgan fingerprint density at radius 2 is 1.83 bits per heavy atom. The smallest absolute Gasteiger partial charge is 0.352 e. The zero-order valence-electron chi connectivity index (χ0n) is 18.7. The van der Waals surface area contributed by atoms with E-state index < -0.39 is 48.5 Å². The molecule has 1 amide bonds. The number of nitrogens with one attached hydrogen (secondary N) is 1. The quantitative estimate of drug-likeness (QED) is 0.541. The van der Waals surface area contributed by atoms with Gasteiger partial charge in [0.15, 0.2) is 5.69 Å². The number of alkyl halides is 5. The van der Waals surface area contributed by atoms with Crippen molar-refractivity contribution < 1.29 is 26.7 Å². The van der Waals surface area contributed by atoms with Gasteiger partial charge in [0.25, 0.3) is 11.8 Å². The average molecular weight is 496 g/mol. The van der Waals surface area contributed by atoms with Crippen molar-refractivity contribution in [1.29, 1.82) is 0 Å². The Balaban J connectivity index is 1.60. The molecule has 9 nitrogen and oxygen atoms in total. The second-order valence-corrected chi connectivity index (χ2v) is 8.40. The predicted molar refractivity (Wildman–Crippen MR) is 113 cm³/mol. The number of aromatic nitrogens is 6. The molecular formula is C21H21F5N8O. The van der Waals surface area contributed by atoms with Gasteiger partial charge in [0.1, 0.15) is 6.33 Å². The standard InChI is InChI=1S/C21H21F5N8O/c1-12-3-20(22,23)10-34(16(12)8-31-19-29-6-14(7-30-19)21(24,25)26)18(35)17-15(9-33(2)32-17)13-4-27-11-28-5-13/h4-7,9,11-12,16H,3,8,10H2,1-2H3,(H,29,30,31)/t12-,16?/m1/s1. The highest BCUT2D eigenvalue weighted by molar-refractivity contribution is 5.99. The molecule has 0 bridgehead atoms. The minimum atomic E-state index is -4.59. The topological polar surface area (TPSA) is 102 Å². The van der Waals surface area contributed by atoms with E-state index in [9.17, 15) is 26.7 Å². The summed E-state index contributed by atoms with van der Waals surface area (Å²) < 4.78 is 68.7. The number of nitrogens with zero attached hydrogens (tertiary/aromatic N) is 7. The van der Waals surface area contributed by atoms with Gasteiger partial charge in [0.2, 0.25) is 5.95 Å². The van der Waals surface area contributed by atoms with Gasteiger partial charge in [-0.3, -0.25) is 9.48 Å². The molecule has 35 heavy (non-hydrogen) atoms. The summed E-state index contributed by atoms with van der Waals surface area (Å²) in [5.41, 5.74) is -0.174. The van der Waals surface area contributed by atoms with Crippen LogP contribution in [0.4, 0.5) is 27.9 Å². The number of hydrogen-bond acceptors (Lipinski definition) is 7. The number of anilines is 1. The van der Waals surface area contributed by atoms with Crippen molar-refractivity contribution in [1.82, 2.24) is 34.6 Å². The van der Waals surface area contributed by atoms with Crippen LogP contribution < -0.4 is 5.32 Å². The third-order valence-corrected chi connectivity index (χ3v) is 5.69. The van der Waals surface area contributed by atoms with E-state index in [4.69, 9.17) is 0 Å². The number of carbonyl (C=O) groups excluding carboxylic acids is 1. The van der Waals surface area contributed by atoms with Gasteiger partial charge in [-0.2, -0.15) is 18.3 Å². The van der Waals surface area contributed by atoms with Crippen LogP contribution in [0.2, 0.25) is 0 Å². The molecular weight excluding hydrogens is 475 g/mol. The molecule has 4 rings (SSSR count). The third-order valence-electron chi connectivity index (χ3n) is 5.69. The van der Waals surface area contributed by atoms with Gasteiger partial charge < -0.3 is 10.2 Å². The van der Waals surface area contributed by atoms with Crippen LogP contribution >= 0.6 is 0 Å². The van der Waals surface area contributed by atoms with Crippen molar-refractivity contribution >= 4 is 11.9 Å². The number of hydrogen-bond donors (Lipinski definition) is 1. The molecule has 0 spiro atoms. The van der Waals surface area contributed by atoms with Gasteiger partial charge in [-0.25, -0.2) is 28.7 Å². The minimum absolute atomic E-state index is 0.0389. The van der Waals surface area contributed by atoms with E-state index in [2.05, 4.69) is 30.4 Å². The van der Waals surface area contributed by atoms with Crippen molar-refractivity contribution in [3.63, 3.8) is 0 Å². The van der Waals surface area contributed by atoms with Crippen LogP contribution in [0.3, 0.4) is 0 Å². The number of likely N-dealkylation sites (tertiary alicyclic amines) is 1. The van der Waals surface area contributed by atoms with Crippen molar-refractivity contribution in [2.75, 3.05) is 18.4 Å². The first-order chi connectivity index (χ1) is 16.4. The second kappa shape index (κ2) is 9.15. The summed E-state index contributed by atoms with van der Waals surface area (Å²) in [6.45, 7) is 0.695. The normalized spacial score (nSPS) is 20.0. The molecule has 1 N–H and O–H groups in total. The molecule has 3 aromatic rings. The highest BCUT2D eigenvalue weighted by atomic mass is 19.4. The van der Waals surface area contributed by atoms with E-state index in [0.29, 0.717) is 23.5 Å². The highest BCUT2D eigenvalue weighted by Crippen LogP contribution is 2.36. The summed E-state index contributed by atoms with van der Waals surface area (Å²) in [4.78, 5) is 29.7. The first-order valence-electron chi connectivity index (χ1n) is 10.6. The van der Waals surface area contributed by atoms with Crippen LogP contribution in [0.5, 0.6) is 0 Å². The van der Waals surface area contributed by atoms with Crippen LogP contribution in [0, 0.1) is 5.92 Å². The molecule has 3 aromatic heterocycles. The van der Waals surface area contributed by atoms with Crippen molar-refractivity contribution in [3.05, 3.63) is 48.6 Å². The molecule has 1 fully saturated rings. The molecule has 14 heteroatoms. The van der Waals surface area contributed by atoms with Crippen LogP contribution in [-0.4, -0.2) is 65.6 Å². The molecule has 0 aromatic carbocycles. The fourth-order valence-corrected chi connectivity index (χ4v) is 4.07. The summed E-state index contributed by atoms with van der Waals surface area (Å²) in [5.74, 6) is -4.59. The van der Waals surface area contributed by atoms with E-state index in [-0.39, 0.29) is 18.2 Å². The fourth-order valence-electron chi connectivity index (χ4n) is 4.07. The molecule has 2 atom stereocenters. The second-order valence-electron chi connectivity index (χ2n) is 8.40. The molecule has 0 saturated carbocycles. The Morgan fingerprint density at radius 1 is 1.17 bits per heavy atom. The Hall–Kier alpha value is -3.71. The molecule has 1 aliphatic heterocycles. The van der Waals surface area contributed by atoms with Gasteiger partial charge in [0, 0.05) is 62.1 Å². The maximum atomic E-state index is 14.5. The van der Waals surface area contributed by atoms with Crippen molar-refractivity contribution in [2.24, 2.45) is 13.0 Å².